The Labute approximate surface area is 111 Å². The van der Waals surface area contributed by atoms with Crippen LogP contribution in [0.5, 0.6) is 5.75 Å². The van der Waals surface area contributed by atoms with E-state index in [4.69, 9.17) is 4.74 Å². The third kappa shape index (κ3) is 2.59. The van der Waals surface area contributed by atoms with E-state index in [0.29, 0.717) is 30.1 Å². The van der Waals surface area contributed by atoms with E-state index in [2.05, 4.69) is 11.9 Å². The van der Waals surface area contributed by atoms with Gasteiger partial charge in [0.25, 0.3) is 5.91 Å². The molecule has 0 saturated carbocycles. The van der Waals surface area contributed by atoms with Crippen molar-refractivity contribution in [2.75, 3.05) is 16.8 Å². The lowest BCUT2D eigenvalue weighted by Gasteiger charge is -2.33. The van der Waals surface area contributed by atoms with Crippen LogP contribution in [0.25, 0.3) is 0 Å². The Kier molecular flexibility index (Phi) is 3.55. The number of hydrogen-bond donors (Lipinski definition) is 1. The SMILES string of the molecule is C=C(C)CN1C(=O)C(C)Oc2cc(NC=O)ccc21. The zero-order valence-electron chi connectivity index (χ0n) is 11.0. The third-order valence-electron chi connectivity index (χ3n) is 2.82. The normalized spacial score (nSPS) is 17.5. The molecule has 1 atom stereocenters. The number of benzene rings is 1. The van der Waals surface area contributed by atoms with E-state index in [9.17, 15) is 9.59 Å². The molecule has 0 bridgehead atoms. The molecule has 1 heterocycles. The minimum absolute atomic E-state index is 0.0911. The molecule has 1 N–H and O–H groups in total. The number of nitrogens with one attached hydrogen (secondary N) is 1. The molecule has 1 aliphatic heterocycles. The van der Waals surface area contributed by atoms with Gasteiger partial charge in [0.2, 0.25) is 6.41 Å². The number of carbonyl (C=O) groups is 2. The van der Waals surface area contributed by atoms with Gasteiger partial charge in [0.05, 0.1) is 5.69 Å². The van der Waals surface area contributed by atoms with Crippen molar-refractivity contribution in [3.05, 3.63) is 30.4 Å². The molecule has 0 aliphatic carbocycles. The number of hydrogen-bond acceptors (Lipinski definition) is 3. The maximum absolute atomic E-state index is 12.1. The van der Waals surface area contributed by atoms with Gasteiger partial charge in [0, 0.05) is 18.3 Å². The molecule has 1 aromatic carbocycles. The molecule has 1 unspecified atom stereocenters. The van der Waals surface area contributed by atoms with Gasteiger partial charge in [-0.25, -0.2) is 0 Å². The summed E-state index contributed by atoms with van der Waals surface area (Å²) in [6.45, 7) is 7.87. The maximum Gasteiger partial charge on any atom is 0.268 e. The predicted octanol–water partition coefficient (Wildman–Crippen LogP) is 1.94. The number of rotatable bonds is 4. The van der Waals surface area contributed by atoms with Crippen LogP contribution in [0.4, 0.5) is 11.4 Å². The average molecular weight is 260 g/mol. The van der Waals surface area contributed by atoms with Gasteiger partial charge < -0.3 is 15.0 Å². The minimum Gasteiger partial charge on any atom is -0.479 e. The van der Waals surface area contributed by atoms with E-state index in [1.54, 1.807) is 30.0 Å². The molecule has 1 aromatic rings. The van der Waals surface area contributed by atoms with E-state index in [-0.39, 0.29) is 5.91 Å². The van der Waals surface area contributed by atoms with Crippen LogP contribution in [0.15, 0.2) is 30.4 Å². The zero-order valence-corrected chi connectivity index (χ0v) is 11.0. The molecule has 0 aromatic heterocycles. The maximum atomic E-state index is 12.1. The van der Waals surface area contributed by atoms with E-state index >= 15 is 0 Å². The number of amides is 2. The summed E-state index contributed by atoms with van der Waals surface area (Å²) in [7, 11) is 0. The first kappa shape index (κ1) is 13.1. The largest absolute Gasteiger partial charge is 0.479 e. The Morgan fingerprint density at radius 2 is 2.32 bits per heavy atom. The quantitative estimate of drug-likeness (QED) is 0.665. The second kappa shape index (κ2) is 5.14. The molecule has 5 nitrogen and oxygen atoms in total. The van der Waals surface area contributed by atoms with Gasteiger partial charge in [0.15, 0.2) is 6.10 Å². The third-order valence-corrected chi connectivity index (χ3v) is 2.82. The van der Waals surface area contributed by atoms with Crippen LogP contribution in [-0.4, -0.2) is 25.0 Å². The fourth-order valence-corrected chi connectivity index (χ4v) is 2.00. The van der Waals surface area contributed by atoms with Crippen LogP contribution >= 0.6 is 0 Å². The topological polar surface area (TPSA) is 58.6 Å². The monoisotopic (exact) mass is 260 g/mol. The van der Waals surface area contributed by atoms with Crippen molar-refractivity contribution < 1.29 is 14.3 Å². The minimum atomic E-state index is -0.543. The molecule has 0 radical (unpaired) electrons. The predicted molar refractivity (Wildman–Crippen MR) is 73.4 cm³/mol. The highest BCUT2D eigenvalue weighted by Crippen LogP contribution is 2.36. The summed E-state index contributed by atoms with van der Waals surface area (Å²) in [5, 5.41) is 2.56. The Morgan fingerprint density at radius 1 is 1.58 bits per heavy atom. The number of carbonyl (C=O) groups excluding carboxylic acids is 2. The zero-order chi connectivity index (χ0) is 14.0. The number of fused-ring (bicyclic) bond motifs is 1. The molecule has 100 valence electrons. The Bertz CT molecular complexity index is 539. The van der Waals surface area contributed by atoms with Crippen molar-refractivity contribution in [1.82, 2.24) is 0 Å². The molecule has 0 saturated heterocycles. The molecule has 2 rings (SSSR count). The smallest absolute Gasteiger partial charge is 0.268 e. The fourth-order valence-electron chi connectivity index (χ4n) is 2.00. The van der Waals surface area contributed by atoms with E-state index in [1.807, 2.05) is 6.92 Å². The van der Waals surface area contributed by atoms with Crippen molar-refractivity contribution in [2.24, 2.45) is 0 Å². The van der Waals surface area contributed by atoms with Gasteiger partial charge in [-0.05, 0) is 26.0 Å². The lowest BCUT2D eigenvalue weighted by Crippen LogP contribution is -2.45. The number of anilines is 2. The highest BCUT2D eigenvalue weighted by Gasteiger charge is 2.31. The first-order valence-electron chi connectivity index (χ1n) is 5.99. The highest BCUT2D eigenvalue weighted by molar-refractivity contribution is 6.00. The molecular weight excluding hydrogens is 244 g/mol. The first-order valence-corrected chi connectivity index (χ1v) is 5.99. The molecule has 19 heavy (non-hydrogen) atoms. The second-order valence-corrected chi connectivity index (χ2v) is 4.59. The van der Waals surface area contributed by atoms with Gasteiger partial charge >= 0.3 is 0 Å². The Hall–Kier alpha value is -2.30. The van der Waals surface area contributed by atoms with Crippen molar-refractivity contribution >= 4 is 23.7 Å². The standard InChI is InChI=1S/C14H16N2O3/c1-9(2)7-16-12-5-4-11(15-8-17)6-13(12)19-10(3)14(16)18/h4-6,8,10H,1,7H2,2-3H3,(H,15,17). The summed E-state index contributed by atoms with van der Waals surface area (Å²) in [4.78, 5) is 24.2. The van der Waals surface area contributed by atoms with Crippen LogP contribution in [0.1, 0.15) is 13.8 Å². The molecule has 5 heteroatoms. The van der Waals surface area contributed by atoms with Gasteiger partial charge in [0.1, 0.15) is 5.75 Å². The van der Waals surface area contributed by atoms with Crippen molar-refractivity contribution in [1.29, 1.82) is 0 Å². The molecular formula is C14H16N2O3. The first-order chi connectivity index (χ1) is 9.02. The van der Waals surface area contributed by atoms with Gasteiger partial charge in [-0.1, -0.05) is 12.2 Å². The van der Waals surface area contributed by atoms with Crippen molar-refractivity contribution in [2.45, 2.75) is 20.0 Å². The van der Waals surface area contributed by atoms with E-state index in [1.165, 1.54) is 0 Å². The number of nitrogens with zero attached hydrogens (tertiary/aromatic N) is 1. The Morgan fingerprint density at radius 3 is 2.95 bits per heavy atom. The summed E-state index contributed by atoms with van der Waals surface area (Å²) in [6.07, 6.45) is 0.0588. The van der Waals surface area contributed by atoms with Crippen LogP contribution < -0.4 is 15.0 Å². The highest BCUT2D eigenvalue weighted by atomic mass is 16.5. The second-order valence-electron chi connectivity index (χ2n) is 4.59. The number of ether oxygens (including phenoxy) is 1. The van der Waals surface area contributed by atoms with E-state index in [0.717, 1.165) is 5.57 Å². The van der Waals surface area contributed by atoms with Crippen LogP contribution in [-0.2, 0) is 9.59 Å². The summed E-state index contributed by atoms with van der Waals surface area (Å²) in [6, 6.07) is 5.19. The summed E-state index contributed by atoms with van der Waals surface area (Å²) < 4.78 is 5.57. The van der Waals surface area contributed by atoms with Gasteiger partial charge in [-0.15, -0.1) is 0 Å². The lowest BCUT2D eigenvalue weighted by atomic mass is 10.1. The van der Waals surface area contributed by atoms with Gasteiger partial charge in [-0.2, -0.15) is 0 Å². The molecule has 0 spiro atoms. The average Bonchev–Trinajstić information content (AvgIpc) is 2.35. The van der Waals surface area contributed by atoms with Gasteiger partial charge in [-0.3, -0.25) is 9.59 Å². The van der Waals surface area contributed by atoms with Crippen LogP contribution in [0.3, 0.4) is 0 Å². The molecule has 2 amide bonds. The lowest BCUT2D eigenvalue weighted by molar-refractivity contribution is -0.125. The van der Waals surface area contributed by atoms with Crippen molar-refractivity contribution in [3.63, 3.8) is 0 Å². The molecule has 1 aliphatic rings. The van der Waals surface area contributed by atoms with Crippen molar-refractivity contribution in [3.8, 4) is 5.75 Å². The fraction of sp³-hybridized carbons (Fsp3) is 0.286. The van der Waals surface area contributed by atoms with Crippen LogP contribution in [0, 0.1) is 0 Å². The Balaban J connectivity index is 2.41. The summed E-state index contributed by atoms with van der Waals surface area (Å²) >= 11 is 0. The van der Waals surface area contributed by atoms with Crippen LogP contribution in [0.2, 0.25) is 0 Å². The van der Waals surface area contributed by atoms with E-state index < -0.39 is 6.10 Å². The summed E-state index contributed by atoms with van der Waals surface area (Å²) in [5.41, 5.74) is 2.22. The summed E-state index contributed by atoms with van der Waals surface area (Å²) in [5.74, 6) is 0.492. The molecule has 0 fully saturated rings.